The van der Waals surface area contributed by atoms with E-state index in [1.54, 1.807) is 12.1 Å². The number of carbonyl (C=O) groups excluding carboxylic acids is 1. The average Bonchev–Trinajstić information content (AvgIpc) is 2.76. The van der Waals surface area contributed by atoms with Gasteiger partial charge in [0.15, 0.2) is 11.6 Å². The molecule has 0 spiro atoms. The lowest BCUT2D eigenvalue weighted by Gasteiger charge is -2.12. The smallest absolute Gasteiger partial charge is 0.242 e. The number of rotatable bonds is 3. The van der Waals surface area contributed by atoms with E-state index in [2.05, 4.69) is 31.5 Å². The maximum Gasteiger partial charge on any atom is 0.242 e. The lowest BCUT2D eigenvalue weighted by Crippen LogP contribution is -2.35. The number of alkyl halides is 1. The van der Waals surface area contributed by atoms with Crippen LogP contribution in [0.2, 0.25) is 0 Å². The number of carbonyl (C=O) groups is 1. The molecule has 0 aliphatic carbocycles. The first-order chi connectivity index (χ1) is 8.60. The van der Waals surface area contributed by atoms with Gasteiger partial charge in [-0.3, -0.25) is 4.79 Å². The van der Waals surface area contributed by atoms with Crippen molar-refractivity contribution in [2.24, 2.45) is 0 Å². The Labute approximate surface area is 112 Å². The van der Waals surface area contributed by atoms with Crippen molar-refractivity contribution < 1.29 is 13.9 Å². The number of hydrogen-bond acceptors (Lipinski definition) is 4. The number of nitrogens with zero attached hydrogens (tertiary/aromatic N) is 1. The van der Waals surface area contributed by atoms with Crippen LogP contribution in [0.3, 0.4) is 0 Å². The molecule has 0 saturated carbocycles. The number of nitrogens with one attached hydrogen (secondary N) is 2. The molecule has 1 aromatic heterocycles. The van der Waals surface area contributed by atoms with Gasteiger partial charge in [0.1, 0.15) is 10.8 Å². The van der Waals surface area contributed by atoms with Crippen LogP contribution >= 0.6 is 15.9 Å². The van der Waals surface area contributed by atoms with Gasteiger partial charge < -0.3 is 15.4 Å². The van der Waals surface area contributed by atoms with Gasteiger partial charge >= 0.3 is 0 Å². The topological polar surface area (TPSA) is 63.2 Å². The van der Waals surface area contributed by atoms with E-state index in [0.717, 1.165) is 0 Å². The van der Waals surface area contributed by atoms with Crippen molar-refractivity contribution >= 4 is 27.7 Å². The Morgan fingerprint density at radius 1 is 1.67 bits per heavy atom. The maximum absolute atomic E-state index is 13.0. The number of pyridine rings is 1. The first-order valence-electron chi connectivity index (χ1n) is 5.49. The highest BCUT2D eigenvalue weighted by Gasteiger charge is 2.29. The first-order valence-corrected chi connectivity index (χ1v) is 6.28. The summed E-state index contributed by atoms with van der Waals surface area (Å²) in [5.41, 5.74) is 0. The molecule has 1 aromatic rings. The summed E-state index contributed by atoms with van der Waals surface area (Å²) in [6, 6.07) is 2.87. The SMILES string of the molecule is COc1ccc(Br)nc1NC(=O)[C@@H]1C[C@@H](F)CN1. The monoisotopic (exact) mass is 317 g/mol. The second kappa shape index (κ2) is 5.62. The molecule has 1 amide bonds. The lowest BCUT2D eigenvalue weighted by molar-refractivity contribution is -0.117. The van der Waals surface area contributed by atoms with Crippen LogP contribution < -0.4 is 15.4 Å². The van der Waals surface area contributed by atoms with E-state index in [0.29, 0.717) is 16.2 Å². The predicted molar refractivity (Wildman–Crippen MR) is 68.4 cm³/mol. The standard InChI is InChI=1S/C11H13BrFN3O2/c1-18-8-2-3-9(12)15-10(8)16-11(17)7-4-6(13)5-14-7/h2-3,6-7,14H,4-5H2,1H3,(H,15,16,17)/t6-,7+/m1/s1. The summed E-state index contributed by atoms with van der Waals surface area (Å²) in [4.78, 5) is 16.0. The van der Waals surface area contributed by atoms with Gasteiger partial charge in [-0.15, -0.1) is 0 Å². The van der Waals surface area contributed by atoms with E-state index in [1.165, 1.54) is 7.11 Å². The largest absolute Gasteiger partial charge is 0.493 e. The molecule has 1 saturated heterocycles. The highest BCUT2D eigenvalue weighted by Crippen LogP contribution is 2.24. The van der Waals surface area contributed by atoms with E-state index >= 15 is 0 Å². The Morgan fingerprint density at radius 3 is 3.06 bits per heavy atom. The summed E-state index contributed by atoms with van der Waals surface area (Å²) >= 11 is 3.21. The van der Waals surface area contributed by atoms with Crippen molar-refractivity contribution in [3.63, 3.8) is 0 Å². The van der Waals surface area contributed by atoms with Crippen LogP contribution in [0.1, 0.15) is 6.42 Å². The Bertz CT molecular complexity index is 458. The van der Waals surface area contributed by atoms with Crippen molar-refractivity contribution in [3.05, 3.63) is 16.7 Å². The van der Waals surface area contributed by atoms with Gasteiger partial charge in [-0.1, -0.05) is 0 Å². The second-order valence-electron chi connectivity index (χ2n) is 3.97. The molecule has 0 bridgehead atoms. The third-order valence-electron chi connectivity index (χ3n) is 2.68. The quantitative estimate of drug-likeness (QED) is 0.829. The molecule has 2 N–H and O–H groups in total. The lowest BCUT2D eigenvalue weighted by atomic mass is 10.2. The van der Waals surface area contributed by atoms with Crippen molar-refractivity contribution in [1.29, 1.82) is 0 Å². The molecule has 1 aliphatic heterocycles. The van der Waals surface area contributed by atoms with E-state index in [9.17, 15) is 9.18 Å². The summed E-state index contributed by atoms with van der Waals surface area (Å²) in [6.07, 6.45) is -0.791. The van der Waals surface area contributed by atoms with Gasteiger partial charge in [0.2, 0.25) is 5.91 Å². The molecular weight excluding hydrogens is 305 g/mol. The third kappa shape index (κ3) is 2.97. The number of anilines is 1. The summed E-state index contributed by atoms with van der Waals surface area (Å²) < 4.78 is 18.7. The van der Waals surface area contributed by atoms with Crippen molar-refractivity contribution in [1.82, 2.24) is 10.3 Å². The number of methoxy groups -OCH3 is 1. The summed E-state index contributed by atoms with van der Waals surface area (Å²) in [5.74, 6) is 0.473. The van der Waals surface area contributed by atoms with Crippen LogP contribution in [0.5, 0.6) is 5.75 Å². The number of aromatic nitrogens is 1. The Kier molecular flexibility index (Phi) is 4.13. The molecule has 1 aliphatic rings. The van der Waals surface area contributed by atoms with E-state index in [1.807, 2.05) is 0 Å². The third-order valence-corrected chi connectivity index (χ3v) is 3.12. The van der Waals surface area contributed by atoms with Gasteiger partial charge in [0.25, 0.3) is 0 Å². The minimum atomic E-state index is -0.974. The molecule has 5 nitrogen and oxygen atoms in total. The zero-order valence-corrected chi connectivity index (χ0v) is 11.3. The minimum Gasteiger partial charge on any atom is -0.493 e. The van der Waals surface area contributed by atoms with E-state index < -0.39 is 12.2 Å². The zero-order chi connectivity index (χ0) is 13.1. The van der Waals surface area contributed by atoms with Gasteiger partial charge in [-0.05, 0) is 28.1 Å². The molecular formula is C11H13BrFN3O2. The fraction of sp³-hybridized carbons (Fsp3) is 0.455. The summed E-state index contributed by atoms with van der Waals surface area (Å²) in [5, 5.41) is 5.44. The predicted octanol–water partition coefficient (Wildman–Crippen LogP) is 1.49. The summed E-state index contributed by atoms with van der Waals surface area (Å²) in [6.45, 7) is 0.209. The number of hydrogen-bond donors (Lipinski definition) is 2. The highest BCUT2D eigenvalue weighted by molar-refractivity contribution is 9.10. The number of ether oxygens (including phenoxy) is 1. The van der Waals surface area contributed by atoms with Crippen molar-refractivity contribution in [3.8, 4) is 5.75 Å². The Balaban J connectivity index is 2.09. The number of halogens is 2. The van der Waals surface area contributed by atoms with Crippen molar-refractivity contribution in [2.45, 2.75) is 18.6 Å². The van der Waals surface area contributed by atoms with Crippen LogP contribution in [-0.2, 0) is 4.79 Å². The molecule has 2 atom stereocenters. The zero-order valence-electron chi connectivity index (χ0n) is 9.74. The molecule has 0 aromatic carbocycles. The average molecular weight is 318 g/mol. The molecule has 0 unspecified atom stereocenters. The fourth-order valence-corrected chi connectivity index (χ4v) is 2.08. The van der Waals surface area contributed by atoms with Gasteiger partial charge in [-0.2, -0.15) is 0 Å². The van der Waals surface area contributed by atoms with Crippen LogP contribution in [0.4, 0.5) is 10.2 Å². The molecule has 98 valence electrons. The van der Waals surface area contributed by atoms with Crippen molar-refractivity contribution in [2.75, 3.05) is 19.0 Å². The molecule has 18 heavy (non-hydrogen) atoms. The molecule has 0 radical (unpaired) electrons. The number of amides is 1. The van der Waals surface area contributed by atoms with Gasteiger partial charge in [0, 0.05) is 13.0 Å². The fourth-order valence-electron chi connectivity index (χ4n) is 1.77. The van der Waals surface area contributed by atoms with E-state index in [-0.39, 0.29) is 18.9 Å². The van der Waals surface area contributed by atoms with Crippen LogP contribution in [0, 0.1) is 0 Å². The van der Waals surface area contributed by atoms with Crippen LogP contribution in [-0.4, -0.2) is 36.8 Å². The highest BCUT2D eigenvalue weighted by atomic mass is 79.9. The van der Waals surface area contributed by atoms with Gasteiger partial charge in [0.05, 0.1) is 13.2 Å². The maximum atomic E-state index is 13.0. The normalized spacial score (nSPS) is 22.8. The van der Waals surface area contributed by atoms with Gasteiger partial charge in [-0.25, -0.2) is 9.37 Å². The molecule has 7 heteroatoms. The minimum absolute atomic E-state index is 0.183. The molecule has 1 fully saturated rings. The molecule has 2 rings (SSSR count). The van der Waals surface area contributed by atoms with Crippen LogP contribution in [0.25, 0.3) is 0 Å². The second-order valence-corrected chi connectivity index (χ2v) is 4.78. The molecule has 2 heterocycles. The first kappa shape index (κ1) is 13.2. The van der Waals surface area contributed by atoms with E-state index in [4.69, 9.17) is 4.74 Å². The Hall–Kier alpha value is -1.21. The van der Waals surface area contributed by atoms with Crippen LogP contribution in [0.15, 0.2) is 16.7 Å². The summed E-state index contributed by atoms with van der Waals surface area (Å²) in [7, 11) is 1.49. The Morgan fingerprint density at radius 2 is 2.44 bits per heavy atom.